The summed E-state index contributed by atoms with van der Waals surface area (Å²) in [5.41, 5.74) is 5.17. The van der Waals surface area contributed by atoms with E-state index in [0.29, 0.717) is 0 Å². The maximum Gasteiger partial charge on any atom is 0.119 e. The van der Waals surface area contributed by atoms with Crippen LogP contribution in [0.2, 0.25) is 0 Å². The minimum absolute atomic E-state index is 0.0684. The topological polar surface area (TPSA) is 60.2 Å². The number of pyridine rings is 1. The van der Waals surface area contributed by atoms with Gasteiger partial charge in [0.2, 0.25) is 0 Å². The fourth-order valence-electron chi connectivity index (χ4n) is 2.16. The number of hydrogen-bond acceptors (Lipinski definition) is 4. The van der Waals surface area contributed by atoms with Crippen molar-refractivity contribution >= 4 is 0 Å². The summed E-state index contributed by atoms with van der Waals surface area (Å²) in [6.07, 6.45) is 6.67. The van der Waals surface area contributed by atoms with Crippen LogP contribution in [0.4, 0.5) is 0 Å². The van der Waals surface area contributed by atoms with Gasteiger partial charge in [-0.05, 0) is 42.2 Å². The largest absolute Gasteiger partial charge is 0.494 e. The number of aromatic nitrogens is 1. The lowest BCUT2D eigenvalue weighted by Gasteiger charge is -2.17. The second-order valence-corrected chi connectivity index (χ2v) is 5.06. The standard InChI is InChI=1S/C17H23N3O/c1-2-3-11-21-16-8-6-15(7-9-16)17(20-18)12-14-5-4-10-19-13-14/h4-10,13,17,20H,2-3,11-12,18H2,1H3. The molecule has 0 spiro atoms. The van der Waals surface area contributed by atoms with E-state index in [9.17, 15) is 0 Å². The summed E-state index contributed by atoms with van der Waals surface area (Å²) in [4.78, 5) is 4.13. The molecule has 0 saturated carbocycles. The zero-order chi connectivity index (χ0) is 14.9. The predicted molar refractivity (Wildman–Crippen MR) is 84.9 cm³/mol. The molecule has 4 heteroatoms. The minimum Gasteiger partial charge on any atom is -0.494 e. The third-order valence-corrected chi connectivity index (χ3v) is 3.41. The van der Waals surface area contributed by atoms with Crippen LogP contribution in [0.1, 0.15) is 36.9 Å². The van der Waals surface area contributed by atoms with E-state index in [1.165, 1.54) is 0 Å². The van der Waals surface area contributed by atoms with Crippen molar-refractivity contribution in [1.82, 2.24) is 10.4 Å². The van der Waals surface area contributed by atoms with E-state index in [-0.39, 0.29) is 6.04 Å². The van der Waals surface area contributed by atoms with E-state index in [4.69, 9.17) is 10.6 Å². The number of hydrogen-bond donors (Lipinski definition) is 2. The molecule has 1 atom stereocenters. The van der Waals surface area contributed by atoms with Gasteiger partial charge in [0.25, 0.3) is 0 Å². The molecular weight excluding hydrogens is 262 g/mol. The summed E-state index contributed by atoms with van der Waals surface area (Å²) in [6.45, 7) is 2.92. The molecule has 0 aliphatic rings. The van der Waals surface area contributed by atoms with Crippen molar-refractivity contribution in [2.45, 2.75) is 32.2 Å². The maximum absolute atomic E-state index is 5.69. The van der Waals surface area contributed by atoms with Crippen LogP contribution < -0.4 is 16.0 Å². The number of benzene rings is 1. The fourth-order valence-corrected chi connectivity index (χ4v) is 2.16. The maximum atomic E-state index is 5.69. The number of hydrazine groups is 1. The van der Waals surface area contributed by atoms with Crippen molar-refractivity contribution in [3.63, 3.8) is 0 Å². The number of nitrogens with two attached hydrogens (primary N) is 1. The molecule has 0 bridgehead atoms. The summed E-state index contributed by atoms with van der Waals surface area (Å²) in [6, 6.07) is 12.2. The first-order valence-corrected chi connectivity index (χ1v) is 7.41. The smallest absolute Gasteiger partial charge is 0.119 e. The van der Waals surface area contributed by atoms with Gasteiger partial charge in [0.1, 0.15) is 5.75 Å². The minimum atomic E-state index is 0.0684. The summed E-state index contributed by atoms with van der Waals surface area (Å²) in [5, 5.41) is 0. The first-order valence-electron chi connectivity index (χ1n) is 7.41. The highest BCUT2D eigenvalue weighted by molar-refractivity contribution is 5.30. The molecule has 1 aromatic heterocycles. The van der Waals surface area contributed by atoms with E-state index in [1.54, 1.807) is 6.20 Å². The summed E-state index contributed by atoms with van der Waals surface area (Å²) >= 11 is 0. The van der Waals surface area contributed by atoms with Crippen LogP contribution in [0, 0.1) is 0 Å². The molecule has 0 fully saturated rings. The Balaban J connectivity index is 1.98. The van der Waals surface area contributed by atoms with Gasteiger partial charge in [-0.1, -0.05) is 31.5 Å². The highest BCUT2D eigenvalue weighted by atomic mass is 16.5. The molecule has 3 N–H and O–H groups in total. The molecule has 0 saturated heterocycles. The first kappa shape index (κ1) is 15.5. The van der Waals surface area contributed by atoms with Gasteiger partial charge < -0.3 is 4.74 Å². The van der Waals surface area contributed by atoms with E-state index >= 15 is 0 Å². The molecule has 1 unspecified atom stereocenters. The van der Waals surface area contributed by atoms with E-state index in [2.05, 4.69) is 35.5 Å². The molecule has 1 aromatic carbocycles. The Labute approximate surface area is 126 Å². The molecule has 2 rings (SSSR count). The van der Waals surface area contributed by atoms with Crippen LogP contribution in [-0.4, -0.2) is 11.6 Å². The normalized spacial score (nSPS) is 12.1. The fraction of sp³-hybridized carbons (Fsp3) is 0.353. The number of rotatable bonds is 8. The van der Waals surface area contributed by atoms with Gasteiger partial charge in [0, 0.05) is 12.4 Å². The lowest BCUT2D eigenvalue weighted by atomic mass is 10.0. The molecule has 0 amide bonds. The van der Waals surface area contributed by atoms with E-state index in [0.717, 1.165) is 42.7 Å². The Hall–Kier alpha value is -1.91. The summed E-state index contributed by atoms with van der Waals surface area (Å²) in [5.74, 6) is 6.59. The molecule has 21 heavy (non-hydrogen) atoms. The highest BCUT2D eigenvalue weighted by Gasteiger charge is 2.10. The predicted octanol–water partition coefficient (Wildman–Crippen LogP) is 3.01. The molecule has 0 aliphatic heterocycles. The molecular formula is C17H23N3O. The summed E-state index contributed by atoms with van der Waals surface area (Å²) < 4.78 is 5.67. The van der Waals surface area contributed by atoms with Crippen molar-refractivity contribution in [2.75, 3.05) is 6.61 Å². The van der Waals surface area contributed by atoms with Crippen molar-refractivity contribution in [1.29, 1.82) is 0 Å². The van der Waals surface area contributed by atoms with Gasteiger partial charge in [-0.3, -0.25) is 16.3 Å². The molecule has 0 radical (unpaired) electrons. The van der Waals surface area contributed by atoms with Gasteiger partial charge in [-0.25, -0.2) is 0 Å². The lowest BCUT2D eigenvalue weighted by Crippen LogP contribution is -2.29. The first-order chi connectivity index (χ1) is 10.3. The zero-order valence-electron chi connectivity index (χ0n) is 12.5. The van der Waals surface area contributed by atoms with Crippen LogP contribution >= 0.6 is 0 Å². The van der Waals surface area contributed by atoms with Crippen molar-refractivity contribution in [3.05, 3.63) is 59.9 Å². The molecule has 112 valence electrons. The van der Waals surface area contributed by atoms with Crippen LogP contribution in [-0.2, 0) is 6.42 Å². The van der Waals surface area contributed by atoms with Crippen molar-refractivity contribution in [3.8, 4) is 5.75 Å². The quantitative estimate of drug-likeness (QED) is 0.445. The Morgan fingerprint density at radius 3 is 2.67 bits per heavy atom. The molecule has 4 nitrogen and oxygen atoms in total. The Kier molecular flexibility index (Phi) is 6.19. The Morgan fingerprint density at radius 1 is 1.24 bits per heavy atom. The number of ether oxygens (including phenoxy) is 1. The van der Waals surface area contributed by atoms with Gasteiger partial charge in [-0.2, -0.15) is 0 Å². The van der Waals surface area contributed by atoms with E-state index in [1.807, 2.05) is 24.4 Å². The average Bonchev–Trinajstić information content (AvgIpc) is 2.55. The second kappa shape index (κ2) is 8.39. The number of nitrogens with one attached hydrogen (secondary N) is 1. The molecule has 0 aliphatic carbocycles. The number of unbranched alkanes of at least 4 members (excludes halogenated alkanes) is 1. The molecule has 1 heterocycles. The average molecular weight is 285 g/mol. The lowest BCUT2D eigenvalue weighted by molar-refractivity contribution is 0.309. The monoisotopic (exact) mass is 285 g/mol. The van der Waals surface area contributed by atoms with Gasteiger partial charge in [0.15, 0.2) is 0 Å². The third-order valence-electron chi connectivity index (χ3n) is 3.41. The van der Waals surface area contributed by atoms with Crippen LogP contribution in [0.3, 0.4) is 0 Å². The second-order valence-electron chi connectivity index (χ2n) is 5.06. The van der Waals surface area contributed by atoms with Crippen LogP contribution in [0.25, 0.3) is 0 Å². The van der Waals surface area contributed by atoms with Gasteiger partial charge in [-0.15, -0.1) is 0 Å². The van der Waals surface area contributed by atoms with Crippen LogP contribution in [0.15, 0.2) is 48.8 Å². The van der Waals surface area contributed by atoms with Crippen LogP contribution in [0.5, 0.6) is 5.75 Å². The SMILES string of the molecule is CCCCOc1ccc(C(Cc2cccnc2)NN)cc1. The zero-order valence-corrected chi connectivity index (χ0v) is 12.5. The number of nitrogens with zero attached hydrogens (tertiary/aromatic N) is 1. The third kappa shape index (κ3) is 4.85. The van der Waals surface area contributed by atoms with Gasteiger partial charge >= 0.3 is 0 Å². The van der Waals surface area contributed by atoms with Gasteiger partial charge in [0.05, 0.1) is 12.6 Å². The van der Waals surface area contributed by atoms with E-state index < -0.39 is 0 Å². The summed E-state index contributed by atoms with van der Waals surface area (Å²) in [7, 11) is 0. The van der Waals surface area contributed by atoms with Crippen molar-refractivity contribution < 1.29 is 4.74 Å². The molecule has 2 aromatic rings. The van der Waals surface area contributed by atoms with Crippen molar-refractivity contribution in [2.24, 2.45) is 5.84 Å². The Morgan fingerprint density at radius 2 is 2.05 bits per heavy atom. The Bertz CT molecular complexity index is 513. The highest BCUT2D eigenvalue weighted by Crippen LogP contribution is 2.20.